The summed E-state index contributed by atoms with van der Waals surface area (Å²) in [6, 6.07) is 3.24. The lowest BCUT2D eigenvalue weighted by Crippen LogP contribution is -2.44. The number of ether oxygens (including phenoxy) is 1. The fourth-order valence-corrected chi connectivity index (χ4v) is 2.71. The number of nitrogens with one attached hydrogen (secondary N) is 1. The van der Waals surface area contributed by atoms with E-state index in [1.807, 2.05) is 7.05 Å². The van der Waals surface area contributed by atoms with Crippen molar-refractivity contribution in [2.45, 2.75) is 12.8 Å². The van der Waals surface area contributed by atoms with Gasteiger partial charge < -0.3 is 15.0 Å². The van der Waals surface area contributed by atoms with Gasteiger partial charge in [0.25, 0.3) is 5.91 Å². The van der Waals surface area contributed by atoms with Gasteiger partial charge in [0.15, 0.2) is 6.61 Å². The summed E-state index contributed by atoms with van der Waals surface area (Å²) >= 11 is 0. The molecule has 23 heavy (non-hydrogen) atoms. The van der Waals surface area contributed by atoms with Crippen molar-refractivity contribution in [2.24, 2.45) is 5.92 Å². The Morgan fingerprint density at radius 3 is 3.00 bits per heavy atom. The summed E-state index contributed by atoms with van der Waals surface area (Å²) in [6.45, 7) is 2.02. The highest BCUT2D eigenvalue weighted by Gasteiger charge is 2.23. The molecule has 0 aromatic heterocycles. The van der Waals surface area contributed by atoms with Crippen LogP contribution in [-0.2, 0) is 4.79 Å². The van der Waals surface area contributed by atoms with Gasteiger partial charge in [0.1, 0.15) is 5.75 Å². The number of piperidine rings is 1. The lowest BCUT2D eigenvalue weighted by Gasteiger charge is -2.32. The van der Waals surface area contributed by atoms with E-state index in [1.165, 1.54) is 6.07 Å². The van der Waals surface area contributed by atoms with Crippen LogP contribution in [0.15, 0.2) is 18.2 Å². The van der Waals surface area contributed by atoms with Crippen molar-refractivity contribution in [3.05, 3.63) is 34.1 Å². The summed E-state index contributed by atoms with van der Waals surface area (Å²) < 4.78 is 18.8. The minimum absolute atomic E-state index is 0.102. The van der Waals surface area contributed by atoms with Gasteiger partial charge in [0, 0.05) is 25.2 Å². The Kier molecular flexibility index (Phi) is 5.86. The number of rotatable bonds is 6. The monoisotopic (exact) mass is 325 g/mol. The highest BCUT2D eigenvalue weighted by molar-refractivity contribution is 5.77. The highest BCUT2D eigenvalue weighted by atomic mass is 19.1. The summed E-state index contributed by atoms with van der Waals surface area (Å²) in [5.74, 6) is -0.615. The van der Waals surface area contributed by atoms with E-state index in [-0.39, 0.29) is 18.3 Å². The molecule has 2 rings (SSSR count). The van der Waals surface area contributed by atoms with E-state index in [9.17, 15) is 19.3 Å². The number of likely N-dealkylation sites (tertiary alicyclic amines) is 1. The van der Waals surface area contributed by atoms with E-state index in [4.69, 9.17) is 4.74 Å². The van der Waals surface area contributed by atoms with Crippen LogP contribution in [0.3, 0.4) is 0 Å². The molecule has 8 heteroatoms. The van der Waals surface area contributed by atoms with Crippen molar-refractivity contribution < 1.29 is 18.8 Å². The molecule has 1 aliphatic rings. The molecule has 1 saturated heterocycles. The number of hydrogen-bond acceptors (Lipinski definition) is 5. The van der Waals surface area contributed by atoms with Crippen molar-refractivity contribution in [2.75, 3.05) is 33.3 Å². The molecule has 1 heterocycles. The molecule has 1 fully saturated rings. The maximum absolute atomic E-state index is 13.5. The van der Waals surface area contributed by atoms with E-state index in [1.54, 1.807) is 4.90 Å². The zero-order valence-electron chi connectivity index (χ0n) is 13.0. The molecule has 1 N–H and O–H groups in total. The average molecular weight is 325 g/mol. The van der Waals surface area contributed by atoms with Crippen LogP contribution >= 0.6 is 0 Å². The molecule has 1 amide bonds. The van der Waals surface area contributed by atoms with E-state index >= 15 is 0 Å². The Labute approximate surface area is 133 Å². The lowest BCUT2D eigenvalue weighted by molar-refractivity contribution is -0.387. The quantitative estimate of drug-likeness (QED) is 0.634. The molecule has 1 aromatic carbocycles. The van der Waals surface area contributed by atoms with Crippen LogP contribution < -0.4 is 10.1 Å². The Bertz CT molecular complexity index is 580. The van der Waals surface area contributed by atoms with Crippen LogP contribution in [0.2, 0.25) is 0 Å². The van der Waals surface area contributed by atoms with Gasteiger partial charge in [0.2, 0.25) is 5.82 Å². The Morgan fingerprint density at radius 1 is 1.57 bits per heavy atom. The van der Waals surface area contributed by atoms with Gasteiger partial charge >= 0.3 is 5.69 Å². The third kappa shape index (κ3) is 4.62. The molecule has 0 saturated carbocycles. The molecular formula is C15H20FN3O4. The van der Waals surface area contributed by atoms with Crippen LogP contribution in [0.4, 0.5) is 10.1 Å². The first kappa shape index (κ1) is 17.1. The average Bonchev–Trinajstić information content (AvgIpc) is 2.53. The Hall–Kier alpha value is -2.22. The first-order chi connectivity index (χ1) is 11.0. The number of hydrogen-bond donors (Lipinski definition) is 1. The van der Waals surface area contributed by atoms with Gasteiger partial charge in [-0.25, -0.2) is 0 Å². The fourth-order valence-electron chi connectivity index (χ4n) is 2.71. The molecule has 7 nitrogen and oxygen atoms in total. The van der Waals surface area contributed by atoms with Crippen LogP contribution in [0.25, 0.3) is 0 Å². The second kappa shape index (κ2) is 7.87. The Morgan fingerprint density at radius 2 is 2.35 bits per heavy atom. The van der Waals surface area contributed by atoms with Crippen LogP contribution in [-0.4, -0.2) is 49.0 Å². The molecule has 1 unspecified atom stereocenters. The standard InChI is InChI=1S/C15H20FN3O4/c1-17-8-11-3-2-6-18(9-11)15(20)10-23-12-4-5-14(19(21)22)13(16)7-12/h4-5,7,11,17H,2-3,6,8-10H2,1H3. The maximum atomic E-state index is 13.5. The van der Waals surface area contributed by atoms with Crippen LogP contribution in [0, 0.1) is 21.8 Å². The van der Waals surface area contributed by atoms with Gasteiger partial charge in [-0.1, -0.05) is 0 Å². The van der Waals surface area contributed by atoms with Gasteiger partial charge in [-0.2, -0.15) is 4.39 Å². The predicted octanol–water partition coefficient (Wildman–Crippen LogP) is 1.57. The van der Waals surface area contributed by atoms with E-state index in [2.05, 4.69) is 5.32 Å². The van der Waals surface area contributed by atoms with Crippen molar-refractivity contribution >= 4 is 11.6 Å². The maximum Gasteiger partial charge on any atom is 0.305 e. The number of nitro groups is 1. The fraction of sp³-hybridized carbons (Fsp3) is 0.533. The molecule has 1 aliphatic heterocycles. The number of carbonyl (C=O) groups excluding carboxylic acids is 1. The Balaban J connectivity index is 1.89. The van der Waals surface area contributed by atoms with E-state index in [0.29, 0.717) is 19.0 Å². The SMILES string of the molecule is CNCC1CCCN(C(=O)COc2ccc([N+](=O)[O-])c(F)c2)C1. The van der Waals surface area contributed by atoms with Crippen molar-refractivity contribution in [3.63, 3.8) is 0 Å². The topological polar surface area (TPSA) is 84.7 Å². The third-order valence-corrected chi connectivity index (χ3v) is 3.84. The molecular weight excluding hydrogens is 305 g/mol. The molecule has 126 valence electrons. The number of benzene rings is 1. The minimum atomic E-state index is -0.980. The summed E-state index contributed by atoms with van der Waals surface area (Å²) in [5.41, 5.74) is -0.616. The van der Waals surface area contributed by atoms with Crippen LogP contribution in [0.1, 0.15) is 12.8 Å². The predicted molar refractivity (Wildman–Crippen MR) is 81.8 cm³/mol. The smallest absolute Gasteiger partial charge is 0.305 e. The minimum Gasteiger partial charge on any atom is -0.484 e. The molecule has 1 atom stereocenters. The van der Waals surface area contributed by atoms with Gasteiger partial charge in [0.05, 0.1) is 4.92 Å². The zero-order valence-corrected chi connectivity index (χ0v) is 13.0. The second-order valence-electron chi connectivity index (χ2n) is 5.56. The van der Waals surface area contributed by atoms with Crippen molar-refractivity contribution in [1.82, 2.24) is 10.2 Å². The first-order valence-corrected chi connectivity index (χ1v) is 7.50. The third-order valence-electron chi connectivity index (χ3n) is 3.84. The first-order valence-electron chi connectivity index (χ1n) is 7.50. The second-order valence-corrected chi connectivity index (χ2v) is 5.56. The normalized spacial score (nSPS) is 17.8. The number of halogens is 1. The van der Waals surface area contributed by atoms with Gasteiger partial charge in [-0.3, -0.25) is 14.9 Å². The molecule has 1 aromatic rings. The number of amides is 1. The van der Waals surface area contributed by atoms with Gasteiger partial charge in [-0.15, -0.1) is 0 Å². The summed E-state index contributed by atoms with van der Waals surface area (Å²) in [4.78, 5) is 23.6. The summed E-state index contributed by atoms with van der Waals surface area (Å²) in [7, 11) is 1.88. The van der Waals surface area contributed by atoms with Crippen LogP contribution in [0.5, 0.6) is 5.75 Å². The summed E-state index contributed by atoms with van der Waals surface area (Å²) in [6.07, 6.45) is 2.03. The van der Waals surface area contributed by atoms with Crippen molar-refractivity contribution in [3.8, 4) is 5.75 Å². The lowest BCUT2D eigenvalue weighted by atomic mass is 9.98. The number of carbonyl (C=O) groups is 1. The summed E-state index contributed by atoms with van der Waals surface area (Å²) in [5, 5.41) is 13.7. The number of nitrogens with zero attached hydrogens (tertiary/aromatic N) is 2. The molecule has 0 bridgehead atoms. The number of nitro benzene ring substituents is 1. The largest absolute Gasteiger partial charge is 0.484 e. The van der Waals surface area contributed by atoms with E-state index in [0.717, 1.165) is 31.5 Å². The molecule has 0 radical (unpaired) electrons. The molecule has 0 aliphatic carbocycles. The van der Waals surface area contributed by atoms with E-state index < -0.39 is 16.4 Å². The van der Waals surface area contributed by atoms with Gasteiger partial charge in [-0.05, 0) is 38.4 Å². The molecule has 0 spiro atoms. The van der Waals surface area contributed by atoms with Crippen molar-refractivity contribution in [1.29, 1.82) is 0 Å². The highest BCUT2D eigenvalue weighted by Crippen LogP contribution is 2.22. The zero-order chi connectivity index (χ0) is 16.8.